The molecule has 0 aliphatic carbocycles. The molecule has 1 atom stereocenters. The van der Waals surface area contributed by atoms with Gasteiger partial charge < -0.3 is 5.11 Å². The summed E-state index contributed by atoms with van der Waals surface area (Å²) in [5.74, 6) is -0.439. The maximum atomic E-state index is 14.2. The second-order valence-corrected chi connectivity index (χ2v) is 8.67. The van der Waals surface area contributed by atoms with Crippen LogP contribution in [0.5, 0.6) is 0 Å². The molecule has 0 spiro atoms. The Morgan fingerprint density at radius 3 is 2.61 bits per heavy atom. The predicted octanol–water partition coefficient (Wildman–Crippen LogP) is 4.55. The van der Waals surface area contributed by atoms with Crippen LogP contribution in [0.15, 0.2) is 54.9 Å². The number of rotatable bonds is 6. The van der Waals surface area contributed by atoms with E-state index >= 15 is 0 Å². The molecule has 1 aliphatic rings. The lowest BCUT2D eigenvalue weighted by atomic mass is 9.75. The van der Waals surface area contributed by atoms with Gasteiger partial charge in [-0.2, -0.15) is 0 Å². The van der Waals surface area contributed by atoms with Crippen LogP contribution < -0.4 is 0 Å². The quantitative estimate of drug-likeness (QED) is 0.632. The van der Waals surface area contributed by atoms with Crippen LogP contribution in [0.3, 0.4) is 0 Å². The van der Waals surface area contributed by atoms with E-state index in [1.54, 1.807) is 0 Å². The molecule has 0 saturated carbocycles. The summed E-state index contributed by atoms with van der Waals surface area (Å²) < 4.78 is 27.5. The van der Waals surface area contributed by atoms with Gasteiger partial charge in [0.05, 0.1) is 6.61 Å². The van der Waals surface area contributed by atoms with Crippen LogP contribution in [-0.4, -0.2) is 39.7 Å². The zero-order chi connectivity index (χ0) is 21.8. The van der Waals surface area contributed by atoms with Gasteiger partial charge >= 0.3 is 0 Å². The SMILES string of the molecule is Cc1cccc(-c2ncc(CN3CCC[C@](CO)(Cc4ccc(F)cc4F)C3)cn2)c1. The van der Waals surface area contributed by atoms with Crippen molar-refractivity contribution in [3.05, 3.63) is 83.2 Å². The average Bonchev–Trinajstić information content (AvgIpc) is 2.77. The van der Waals surface area contributed by atoms with E-state index in [1.165, 1.54) is 12.1 Å². The molecule has 0 radical (unpaired) electrons. The molecule has 162 valence electrons. The number of halogens is 2. The molecule has 1 aliphatic heterocycles. The summed E-state index contributed by atoms with van der Waals surface area (Å²) in [6.45, 7) is 4.21. The first-order valence-corrected chi connectivity index (χ1v) is 10.6. The topological polar surface area (TPSA) is 49.2 Å². The minimum absolute atomic E-state index is 0.0386. The van der Waals surface area contributed by atoms with Gasteiger partial charge in [0, 0.05) is 48.1 Å². The van der Waals surface area contributed by atoms with Crippen molar-refractivity contribution in [3.8, 4) is 11.4 Å². The van der Waals surface area contributed by atoms with Gasteiger partial charge in [-0.25, -0.2) is 18.7 Å². The standard InChI is InChI=1S/C25H27F2N3O/c1-18-4-2-5-20(10-18)24-28-13-19(14-29-24)15-30-9-3-8-25(16-30,17-31)12-21-6-7-22(26)11-23(21)27/h2,4-7,10-11,13-14,31H,3,8-9,12,15-17H2,1H3/t25-/m0/s1. The molecular weight excluding hydrogens is 396 g/mol. The number of aliphatic hydroxyl groups is 1. The second-order valence-electron chi connectivity index (χ2n) is 8.67. The lowest BCUT2D eigenvalue weighted by Crippen LogP contribution is -2.46. The first-order valence-electron chi connectivity index (χ1n) is 10.6. The van der Waals surface area contributed by atoms with Gasteiger partial charge in [-0.3, -0.25) is 4.90 Å². The van der Waals surface area contributed by atoms with Crippen molar-refractivity contribution in [2.45, 2.75) is 32.7 Å². The molecule has 0 unspecified atom stereocenters. The van der Waals surface area contributed by atoms with E-state index in [2.05, 4.69) is 20.9 Å². The number of hydrogen-bond donors (Lipinski definition) is 1. The molecule has 0 amide bonds. The summed E-state index contributed by atoms with van der Waals surface area (Å²) in [5, 5.41) is 10.2. The lowest BCUT2D eigenvalue weighted by molar-refractivity contribution is 0.0282. The van der Waals surface area contributed by atoms with Gasteiger partial charge in [0.25, 0.3) is 0 Å². The Hall–Kier alpha value is -2.70. The molecule has 4 nitrogen and oxygen atoms in total. The van der Waals surface area contributed by atoms with E-state index in [0.29, 0.717) is 30.9 Å². The van der Waals surface area contributed by atoms with Gasteiger partial charge in [0.1, 0.15) is 11.6 Å². The second kappa shape index (κ2) is 9.20. The number of benzene rings is 2. The van der Waals surface area contributed by atoms with Crippen molar-refractivity contribution in [1.29, 1.82) is 0 Å². The van der Waals surface area contributed by atoms with Crippen LogP contribution >= 0.6 is 0 Å². The normalized spacial score (nSPS) is 19.5. The van der Waals surface area contributed by atoms with E-state index < -0.39 is 17.0 Å². The molecule has 1 fully saturated rings. The van der Waals surface area contributed by atoms with Crippen molar-refractivity contribution in [3.63, 3.8) is 0 Å². The molecule has 1 aromatic heterocycles. The molecule has 0 bridgehead atoms. The fourth-order valence-corrected chi connectivity index (χ4v) is 4.47. The van der Waals surface area contributed by atoms with Gasteiger partial charge in [-0.1, -0.05) is 29.8 Å². The van der Waals surface area contributed by atoms with Crippen LogP contribution in [0.25, 0.3) is 11.4 Å². The number of aliphatic hydroxyl groups excluding tert-OH is 1. The van der Waals surface area contributed by atoms with Crippen molar-refractivity contribution < 1.29 is 13.9 Å². The Kier molecular flexibility index (Phi) is 6.39. The Morgan fingerprint density at radius 1 is 1.10 bits per heavy atom. The number of piperidine rings is 1. The molecule has 2 aromatic carbocycles. The minimum atomic E-state index is -0.585. The Balaban J connectivity index is 1.45. The van der Waals surface area contributed by atoms with Crippen LogP contribution in [0.4, 0.5) is 8.78 Å². The highest BCUT2D eigenvalue weighted by molar-refractivity contribution is 5.55. The number of nitrogens with zero attached hydrogens (tertiary/aromatic N) is 3. The molecule has 2 heterocycles. The minimum Gasteiger partial charge on any atom is -0.396 e. The molecule has 1 saturated heterocycles. The molecule has 1 N–H and O–H groups in total. The summed E-state index contributed by atoms with van der Waals surface area (Å²) in [6, 6.07) is 11.8. The van der Waals surface area contributed by atoms with E-state index in [4.69, 9.17) is 0 Å². The summed E-state index contributed by atoms with van der Waals surface area (Å²) in [6.07, 6.45) is 5.79. The van der Waals surface area contributed by atoms with Gasteiger partial charge in [0.15, 0.2) is 5.82 Å². The van der Waals surface area contributed by atoms with E-state index in [0.717, 1.165) is 42.1 Å². The Bertz CT molecular complexity index is 1040. The summed E-state index contributed by atoms with van der Waals surface area (Å²) in [4.78, 5) is 11.3. The smallest absolute Gasteiger partial charge is 0.159 e. The number of hydrogen-bond acceptors (Lipinski definition) is 4. The summed E-state index contributed by atoms with van der Waals surface area (Å²) >= 11 is 0. The van der Waals surface area contributed by atoms with Gasteiger partial charge in [-0.05, 0) is 50.4 Å². The number of likely N-dealkylation sites (tertiary alicyclic amines) is 1. The van der Waals surface area contributed by atoms with E-state index in [-0.39, 0.29) is 6.61 Å². The average molecular weight is 424 g/mol. The van der Waals surface area contributed by atoms with Crippen molar-refractivity contribution in [1.82, 2.24) is 14.9 Å². The largest absolute Gasteiger partial charge is 0.396 e. The summed E-state index contributed by atoms with van der Waals surface area (Å²) in [7, 11) is 0. The molecule has 31 heavy (non-hydrogen) atoms. The van der Waals surface area contributed by atoms with Gasteiger partial charge in [-0.15, -0.1) is 0 Å². The fraction of sp³-hybridized carbons (Fsp3) is 0.360. The van der Waals surface area contributed by atoms with E-state index in [1.807, 2.05) is 37.5 Å². The monoisotopic (exact) mass is 423 g/mol. The highest BCUT2D eigenvalue weighted by Gasteiger charge is 2.36. The maximum Gasteiger partial charge on any atom is 0.159 e. The maximum absolute atomic E-state index is 14.2. The van der Waals surface area contributed by atoms with Crippen LogP contribution in [0, 0.1) is 24.0 Å². The first kappa shape index (κ1) is 21.5. The van der Waals surface area contributed by atoms with Gasteiger partial charge in [0.2, 0.25) is 0 Å². The third-order valence-electron chi connectivity index (χ3n) is 6.04. The molecular formula is C25H27F2N3O. The lowest BCUT2D eigenvalue weighted by Gasteiger charge is -2.42. The van der Waals surface area contributed by atoms with Crippen molar-refractivity contribution in [2.24, 2.45) is 5.41 Å². The Labute approximate surface area is 181 Å². The van der Waals surface area contributed by atoms with Crippen LogP contribution in [-0.2, 0) is 13.0 Å². The third-order valence-corrected chi connectivity index (χ3v) is 6.04. The molecule has 3 aromatic rings. The molecule has 4 rings (SSSR count). The van der Waals surface area contributed by atoms with Crippen molar-refractivity contribution >= 4 is 0 Å². The zero-order valence-electron chi connectivity index (χ0n) is 17.7. The summed E-state index contributed by atoms with van der Waals surface area (Å²) in [5.41, 5.74) is 3.15. The first-order chi connectivity index (χ1) is 15.0. The van der Waals surface area contributed by atoms with Crippen molar-refractivity contribution in [2.75, 3.05) is 19.7 Å². The highest BCUT2D eigenvalue weighted by Crippen LogP contribution is 2.34. The van der Waals surface area contributed by atoms with E-state index in [9.17, 15) is 13.9 Å². The molecule has 6 heteroatoms. The third kappa shape index (κ3) is 5.14. The van der Waals surface area contributed by atoms with Crippen LogP contribution in [0.1, 0.15) is 29.5 Å². The number of aromatic nitrogens is 2. The Morgan fingerprint density at radius 2 is 1.90 bits per heavy atom. The predicted molar refractivity (Wildman–Crippen MR) is 116 cm³/mol. The zero-order valence-corrected chi connectivity index (χ0v) is 17.7. The van der Waals surface area contributed by atoms with Crippen LogP contribution in [0.2, 0.25) is 0 Å². The fourth-order valence-electron chi connectivity index (χ4n) is 4.47. The highest BCUT2D eigenvalue weighted by atomic mass is 19.1. The number of aryl methyl sites for hydroxylation is 1.